The third-order valence-electron chi connectivity index (χ3n) is 2.94. The number of hydrogen-bond acceptors (Lipinski definition) is 3. The molecule has 19 heavy (non-hydrogen) atoms. The summed E-state index contributed by atoms with van der Waals surface area (Å²) in [6.45, 7) is 1.74. The van der Waals surface area contributed by atoms with Crippen molar-refractivity contribution in [2.75, 3.05) is 5.32 Å². The van der Waals surface area contributed by atoms with Gasteiger partial charge >= 0.3 is 0 Å². The molecule has 1 atom stereocenters. The van der Waals surface area contributed by atoms with Crippen LogP contribution in [0.25, 0.3) is 0 Å². The van der Waals surface area contributed by atoms with E-state index in [1.165, 1.54) is 18.2 Å². The molecule has 1 aliphatic carbocycles. The first-order valence-corrected chi connectivity index (χ1v) is 6.54. The van der Waals surface area contributed by atoms with E-state index < -0.39 is 11.9 Å². The van der Waals surface area contributed by atoms with Crippen molar-refractivity contribution in [1.29, 1.82) is 0 Å². The van der Waals surface area contributed by atoms with E-state index in [-0.39, 0.29) is 10.9 Å². The Kier molecular flexibility index (Phi) is 3.99. The van der Waals surface area contributed by atoms with Gasteiger partial charge in [-0.15, -0.1) is 0 Å². The summed E-state index contributed by atoms with van der Waals surface area (Å²) in [5.74, 6) is -0.496. The molecule has 0 bridgehead atoms. The number of rotatable bonds is 5. The Hall–Kier alpha value is -1.69. The zero-order chi connectivity index (χ0) is 14.0. The van der Waals surface area contributed by atoms with E-state index in [4.69, 9.17) is 18.0 Å². The van der Waals surface area contributed by atoms with Gasteiger partial charge in [-0.1, -0.05) is 12.2 Å². The lowest BCUT2D eigenvalue weighted by atomic mass is 10.1. The van der Waals surface area contributed by atoms with Crippen LogP contribution in [0.15, 0.2) is 18.2 Å². The van der Waals surface area contributed by atoms with Crippen LogP contribution in [0.3, 0.4) is 0 Å². The standard InChI is InChI=1S/C13H16FN3OS/c1-7(13(18)17-9-3-4-9)16-11-5-2-8(14)6-10(11)12(15)19/h2,5-7,9,16H,3-4H2,1H3,(H2,15,19)(H,17,18). The van der Waals surface area contributed by atoms with Gasteiger partial charge in [0.1, 0.15) is 16.8 Å². The fourth-order valence-electron chi connectivity index (χ4n) is 1.70. The average Bonchev–Trinajstić information content (AvgIpc) is 3.14. The van der Waals surface area contributed by atoms with Crippen molar-refractivity contribution >= 4 is 28.8 Å². The van der Waals surface area contributed by atoms with Crippen LogP contribution in [0.1, 0.15) is 25.3 Å². The number of nitrogens with two attached hydrogens (primary N) is 1. The molecular formula is C13H16FN3OS. The Morgan fingerprint density at radius 1 is 1.53 bits per heavy atom. The van der Waals surface area contributed by atoms with E-state index in [0.717, 1.165) is 12.8 Å². The third kappa shape index (κ3) is 3.64. The average molecular weight is 281 g/mol. The minimum absolute atomic E-state index is 0.0827. The molecule has 1 fully saturated rings. The Morgan fingerprint density at radius 3 is 2.79 bits per heavy atom. The van der Waals surface area contributed by atoms with Gasteiger partial charge < -0.3 is 16.4 Å². The van der Waals surface area contributed by atoms with Crippen LogP contribution in [-0.2, 0) is 4.79 Å². The van der Waals surface area contributed by atoms with E-state index in [2.05, 4.69) is 10.6 Å². The summed E-state index contributed by atoms with van der Waals surface area (Å²) in [5, 5.41) is 5.90. The van der Waals surface area contributed by atoms with Crippen LogP contribution in [0, 0.1) is 5.82 Å². The van der Waals surface area contributed by atoms with Crippen molar-refractivity contribution in [3.05, 3.63) is 29.6 Å². The first-order chi connectivity index (χ1) is 8.97. The van der Waals surface area contributed by atoms with Gasteiger partial charge in [0.05, 0.1) is 0 Å². The third-order valence-corrected chi connectivity index (χ3v) is 3.16. The number of carbonyl (C=O) groups excluding carboxylic acids is 1. The number of halogens is 1. The predicted molar refractivity (Wildman–Crippen MR) is 76.5 cm³/mol. The van der Waals surface area contributed by atoms with Crippen LogP contribution in [0.5, 0.6) is 0 Å². The molecular weight excluding hydrogens is 265 g/mol. The lowest BCUT2D eigenvalue weighted by Gasteiger charge is -2.17. The summed E-state index contributed by atoms with van der Waals surface area (Å²) >= 11 is 4.88. The number of thiocarbonyl (C=S) groups is 1. The van der Waals surface area contributed by atoms with Gasteiger partial charge in [-0.25, -0.2) is 4.39 Å². The van der Waals surface area contributed by atoms with Gasteiger partial charge in [0, 0.05) is 17.3 Å². The number of carbonyl (C=O) groups is 1. The van der Waals surface area contributed by atoms with Crippen LogP contribution in [0.4, 0.5) is 10.1 Å². The molecule has 1 amide bonds. The lowest BCUT2D eigenvalue weighted by molar-refractivity contribution is -0.121. The smallest absolute Gasteiger partial charge is 0.242 e. The second-order valence-electron chi connectivity index (χ2n) is 4.70. The van der Waals surface area contributed by atoms with Gasteiger partial charge in [0.2, 0.25) is 5.91 Å². The Bertz CT molecular complexity index is 517. The molecule has 1 aromatic rings. The highest BCUT2D eigenvalue weighted by Gasteiger charge is 2.25. The molecule has 4 N–H and O–H groups in total. The summed E-state index contributed by atoms with van der Waals surface area (Å²) in [5.41, 5.74) is 6.52. The highest BCUT2D eigenvalue weighted by molar-refractivity contribution is 7.80. The number of hydrogen-bond donors (Lipinski definition) is 3. The largest absolute Gasteiger partial charge is 0.389 e. The predicted octanol–water partition coefficient (Wildman–Crippen LogP) is 1.54. The van der Waals surface area contributed by atoms with Gasteiger partial charge in [-0.2, -0.15) is 0 Å². The first-order valence-electron chi connectivity index (χ1n) is 6.13. The van der Waals surface area contributed by atoms with Gasteiger partial charge in [-0.05, 0) is 38.0 Å². The van der Waals surface area contributed by atoms with Crippen LogP contribution >= 0.6 is 12.2 Å². The summed E-state index contributed by atoms with van der Waals surface area (Å²) in [7, 11) is 0. The van der Waals surface area contributed by atoms with Crippen molar-refractivity contribution < 1.29 is 9.18 Å². The number of nitrogens with one attached hydrogen (secondary N) is 2. The molecule has 1 unspecified atom stereocenters. The van der Waals surface area contributed by atoms with E-state index in [0.29, 0.717) is 17.3 Å². The number of benzene rings is 1. The van der Waals surface area contributed by atoms with E-state index in [1.54, 1.807) is 6.92 Å². The maximum absolute atomic E-state index is 13.2. The van der Waals surface area contributed by atoms with Crippen molar-refractivity contribution in [2.24, 2.45) is 5.73 Å². The molecule has 0 spiro atoms. The highest BCUT2D eigenvalue weighted by Crippen LogP contribution is 2.20. The lowest BCUT2D eigenvalue weighted by Crippen LogP contribution is -2.39. The molecule has 0 radical (unpaired) electrons. The summed E-state index contributed by atoms with van der Waals surface area (Å²) in [4.78, 5) is 11.9. The fourth-order valence-corrected chi connectivity index (χ4v) is 1.87. The van der Waals surface area contributed by atoms with Crippen molar-refractivity contribution in [3.63, 3.8) is 0 Å². The van der Waals surface area contributed by atoms with Crippen LogP contribution < -0.4 is 16.4 Å². The number of amides is 1. The molecule has 2 rings (SSSR count). The molecule has 102 valence electrons. The summed E-state index contributed by atoms with van der Waals surface area (Å²) < 4.78 is 13.2. The second kappa shape index (κ2) is 5.52. The minimum Gasteiger partial charge on any atom is -0.389 e. The Labute approximate surface area is 116 Å². The molecule has 1 aliphatic rings. The van der Waals surface area contributed by atoms with Crippen LogP contribution in [-0.4, -0.2) is 23.0 Å². The zero-order valence-electron chi connectivity index (χ0n) is 10.6. The minimum atomic E-state index is -0.431. The molecule has 0 heterocycles. The molecule has 0 aliphatic heterocycles. The Balaban J connectivity index is 2.08. The molecule has 1 aromatic carbocycles. The number of anilines is 1. The zero-order valence-corrected chi connectivity index (χ0v) is 11.4. The monoisotopic (exact) mass is 281 g/mol. The maximum atomic E-state index is 13.2. The normalized spacial score (nSPS) is 15.7. The quantitative estimate of drug-likeness (QED) is 0.716. The van der Waals surface area contributed by atoms with E-state index in [9.17, 15) is 9.18 Å². The summed E-state index contributed by atoms with van der Waals surface area (Å²) in [6.07, 6.45) is 2.07. The highest BCUT2D eigenvalue weighted by atomic mass is 32.1. The first kappa shape index (κ1) is 13.7. The van der Waals surface area contributed by atoms with Crippen LogP contribution in [0.2, 0.25) is 0 Å². The maximum Gasteiger partial charge on any atom is 0.242 e. The SMILES string of the molecule is CC(Nc1ccc(F)cc1C(N)=S)C(=O)NC1CC1. The van der Waals surface area contributed by atoms with Gasteiger partial charge in [0.15, 0.2) is 0 Å². The second-order valence-corrected chi connectivity index (χ2v) is 5.14. The molecule has 0 saturated heterocycles. The summed E-state index contributed by atoms with van der Waals surface area (Å²) in [6, 6.07) is 3.97. The van der Waals surface area contributed by atoms with E-state index >= 15 is 0 Å². The fraction of sp³-hybridized carbons (Fsp3) is 0.385. The molecule has 1 saturated carbocycles. The van der Waals surface area contributed by atoms with Crippen molar-refractivity contribution in [2.45, 2.75) is 31.8 Å². The van der Waals surface area contributed by atoms with Crippen molar-refractivity contribution in [1.82, 2.24) is 5.32 Å². The molecule has 4 nitrogen and oxygen atoms in total. The van der Waals surface area contributed by atoms with E-state index in [1.807, 2.05) is 0 Å². The topological polar surface area (TPSA) is 67.1 Å². The van der Waals surface area contributed by atoms with Gasteiger partial charge in [-0.3, -0.25) is 4.79 Å². The molecule has 6 heteroatoms. The molecule has 0 aromatic heterocycles. The van der Waals surface area contributed by atoms with Gasteiger partial charge in [0.25, 0.3) is 0 Å². The van der Waals surface area contributed by atoms with Crippen molar-refractivity contribution in [3.8, 4) is 0 Å². The Morgan fingerprint density at radius 2 is 2.21 bits per heavy atom.